The van der Waals surface area contributed by atoms with E-state index in [0.29, 0.717) is 42.0 Å². The fraction of sp³-hybridized carbons (Fsp3) is 0.207. The van der Waals surface area contributed by atoms with E-state index in [1.807, 2.05) is 30.3 Å². The zero-order chi connectivity index (χ0) is 27.6. The molecule has 5 aromatic rings. The van der Waals surface area contributed by atoms with Crippen LogP contribution in [-0.4, -0.2) is 48.6 Å². The summed E-state index contributed by atoms with van der Waals surface area (Å²) in [6.45, 7) is 0.411. The quantitative estimate of drug-likeness (QED) is 0.300. The zero-order valence-electron chi connectivity index (χ0n) is 21.2. The molecule has 2 atom stereocenters. The number of aliphatic carboxylic acids is 1. The van der Waals surface area contributed by atoms with Gasteiger partial charge in [-0.2, -0.15) is 5.10 Å². The Kier molecular flexibility index (Phi) is 6.77. The summed E-state index contributed by atoms with van der Waals surface area (Å²) in [6, 6.07) is 18.0. The monoisotopic (exact) mass is 542 g/mol. The lowest BCUT2D eigenvalue weighted by atomic mass is 9.83. The van der Waals surface area contributed by atoms with E-state index in [0.717, 1.165) is 11.8 Å². The lowest BCUT2D eigenvalue weighted by Gasteiger charge is -2.39. The van der Waals surface area contributed by atoms with Crippen molar-refractivity contribution in [1.82, 2.24) is 24.9 Å². The number of anilines is 1. The Morgan fingerprint density at radius 1 is 1.02 bits per heavy atom. The van der Waals surface area contributed by atoms with Gasteiger partial charge in [-0.1, -0.05) is 53.7 Å². The van der Waals surface area contributed by atoms with E-state index >= 15 is 4.39 Å². The molecule has 1 fully saturated rings. The highest BCUT2D eigenvalue weighted by Crippen LogP contribution is 2.36. The van der Waals surface area contributed by atoms with Crippen LogP contribution in [-0.2, 0) is 11.3 Å². The molecule has 0 radical (unpaired) electrons. The molecule has 11 heteroatoms. The molecule has 3 aromatic heterocycles. The first kappa shape index (κ1) is 25.4. The Morgan fingerprint density at radius 3 is 2.58 bits per heavy atom. The number of carboxylic acid groups (broad SMARTS) is 1. The van der Waals surface area contributed by atoms with Crippen molar-refractivity contribution in [1.29, 1.82) is 0 Å². The molecule has 0 aliphatic carbocycles. The third-order valence-electron chi connectivity index (χ3n) is 7.10. The highest BCUT2D eigenvalue weighted by molar-refractivity contribution is 5.80. The molecule has 0 spiro atoms. The van der Waals surface area contributed by atoms with Crippen molar-refractivity contribution >= 4 is 11.8 Å². The third-order valence-corrected chi connectivity index (χ3v) is 7.10. The SMILES string of the molecule is O=C(O)[C@H]1[C@@H](c2ccccc2)CCCN1c1nc(-c2cc(-c3ccon3)n(Cc3ccccc3F)n2)ncc1F. The average molecular weight is 543 g/mol. The lowest BCUT2D eigenvalue weighted by Crippen LogP contribution is -2.50. The number of hydrogen-bond donors (Lipinski definition) is 1. The Morgan fingerprint density at radius 2 is 1.82 bits per heavy atom. The number of rotatable bonds is 7. The summed E-state index contributed by atoms with van der Waals surface area (Å²) >= 11 is 0. The standard InChI is InChI=1S/C29H24F2N6O3/c30-21-11-5-4-9-19(21)17-37-25(23-12-14-40-35-23)15-24(34-37)27-32-16-22(31)28(33-27)36-13-6-10-20(26(36)29(38)39)18-7-2-1-3-8-18/h1-5,7-9,11-12,14-16,20,26H,6,10,13,17H2,(H,38,39)/t20-,26-/m1/s1. The maximum atomic E-state index is 15.2. The molecule has 1 N–H and O–H groups in total. The van der Waals surface area contributed by atoms with Crippen LogP contribution in [0.2, 0.25) is 0 Å². The van der Waals surface area contributed by atoms with Gasteiger partial charge in [0, 0.05) is 24.1 Å². The van der Waals surface area contributed by atoms with Crippen LogP contribution >= 0.6 is 0 Å². The fourth-order valence-electron chi connectivity index (χ4n) is 5.26. The van der Waals surface area contributed by atoms with E-state index < -0.39 is 17.8 Å². The first-order valence-corrected chi connectivity index (χ1v) is 12.8. The highest BCUT2D eigenvalue weighted by Gasteiger charge is 2.39. The number of nitrogens with zero attached hydrogens (tertiary/aromatic N) is 6. The maximum Gasteiger partial charge on any atom is 0.327 e. The van der Waals surface area contributed by atoms with Crippen LogP contribution in [0.15, 0.2) is 83.7 Å². The Bertz CT molecular complexity index is 1640. The van der Waals surface area contributed by atoms with Crippen molar-refractivity contribution in [3.8, 4) is 22.9 Å². The van der Waals surface area contributed by atoms with Gasteiger partial charge in [-0.15, -0.1) is 0 Å². The second-order valence-corrected chi connectivity index (χ2v) is 9.55. The summed E-state index contributed by atoms with van der Waals surface area (Å²) in [5.41, 5.74) is 2.56. The summed E-state index contributed by atoms with van der Waals surface area (Å²) in [4.78, 5) is 22.6. The molecular weight excluding hydrogens is 518 g/mol. The molecule has 6 rings (SSSR count). The molecule has 9 nitrogen and oxygen atoms in total. The number of carboxylic acids is 1. The minimum Gasteiger partial charge on any atom is -0.480 e. The van der Waals surface area contributed by atoms with Crippen LogP contribution in [0.1, 0.15) is 29.9 Å². The number of piperidine rings is 1. The predicted molar refractivity (Wildman–Crippen MR) is 141 cm³/mol. The van der Waals surface area contributed by atoms with Crippen molar-refractivity contribution in [2.75, 3.05) is 11.4 Å². The van der Waals surface area contributed by atoms with Gasteiger partial charge in [0.25, 0.3) is 0 Å². The van der Waals surface area contributed by atoms with E-state index in [2.05, 4.69) is 20.2 Å². The summed E-state index contributed by atoms with van der Waals surface area (Å²) in [5.74, 6) is -2.53. The topological polar surface area (TPSA) is 110 Å². The molecule has 0 amide bonds. The van der Waals surface area contributed by atoms with Crippen molar-refractivity contribution in [3.05, 3.63) is 102 Å². The van der Waals surface area contributed by atoms with Gasteiger partial charge in [-0.25, -0.2) is 23.5 Å². The lowest BCUT2D eigenvalue weighted by molar-refractivity contribution is -0.139. The van der Waals surface area contributed by atoms with E-state index in [-0.39, 0.29) is 29.9 Å². The molecule has 2 aromatic carbocycles. The Labute approximate surface area is 227 Å². The van der Waals surface area contributed by atoms with Crippen LogP contribution in [0.4, 0.5) is 14.6 Å². The van der Waals surface area contributed by atoms with Crippen LogP contribution in [0.25, 0.3) is 22.9 Å². The van der Waals surface area contributed by atoms with Crippen molar-refractivity contribution < 1.29 is 23.2 Å². The molecule has 0 bridgehead atoms. The van der Waals surface area contributed by atoms with Gasteiger partial charge in [-0.3, -0.25) is 4.68 Å². The molecule has 1 saturated heterocycles. The normalized spacial score (nSPS) is 17.2. The maximum absolute atomic E-state index is 15.2. The Hall–Kier alpha value is -4.93. The summed E-state index contributed by atoms with van der Waals surface area (Å²) in [7, 11) is 0. The van der Waals surface area contributed by atoms with Crippen molar-refractivity contribution in [3.63, 3.8) is 0 Å². The van der Waals surface area contributed by atoms with Crippen molar-refractivity contribution in [2.24, 2.45) is 0 Å². The predicted octanol–water partition coefficient (Wildman–Crippen LogP) is 5.16. The molecule has 1 aliphatic rings. The van der Waals surface area contributed by atoms with Crippen LogP contribution in [0.3, 0.4) is 0 Å². The second-order valence-electron chi connectivity index (χ2n) is 9.55. The first-order valence-electron chi connectivity index (χ1n) is 12.8. The van der Waals surface area contributed by atoms with Gasteiger partial charge >= 0.3 is 5.97 Å². The minimum absolute atomic E-state index is 0.0922. The van der Waals surface area contributed by atoms with E-state index in [4.69, 9.17) is 4.52 Å². The molecule has 1 aliphatic heterocycles. The van der Waals surface area contributed by atoms with E-state index in [9.17, 15) is 14.3 Å². The van der Waals surface area contributed by atoms with Gasteiger partial charge in [0.1, 0.15) is 29.5 Å². The van der Waals surface area contributed by atoms with Gasteiger partial charge in [0.05, 0.1) is 18.4 Å². The largest absolute Gasteiger partial charge is 0.480 e. The van der Waals surface area contributed by atoms with E-state index in [1.165, 1.54) is 17.2 Å². The third kappa shape index (κ3) is 4.81. The summed E-state index contributed by atoms with van der Waals surface area (Å²) in [5, 5.41) is 18.8. The van der Waals surface area contributed by atoms with Crippen LogP contribution < -0.4 is 4.90 Å². The van der Waals surface area contributed by atoms with Gasteiger partial charge < -0.3 is 14.5 Å². The number of aromatic nitrogens is 5. The zero-order valence-corrected chi connectivity index (χ0v) is 21.2. The van der Waals surface area contributed by atoms with E-state index in [1.54, 1.807) is 35.0 Å². The van der Waals surface area contributed by atoms with Gasteiger partial charge in [0.15, 0.2) is 17.5 Å². The number of halogens is 2. The van der Waals surface area contributed by atoms with Crippen LogP contribution in [0, 0.1) is 11.6 Å². The molecule has 0 unspecified atom stereocenters. The molecule has 4 heterocycles. The molecular formula is C29H24F2N6O3. The first-order chi connectivity index (χ1) is 19.5. The highest BCUT2D eigenvalue weighted by atomic mass is 19.1. The second kappa shape index (κ2) is 10.7. The Balaban J connectivity index is 1.40. The molecule has 202 valence electrons. The van der Waals surface area contributed by atoms with Crippen LogP contribution in [0.5, 0.6) is 0 Å². The summed E-state index contributed by atoms with van der Waals surface area (Å²) in [6.07, 6.45) is 3.75. The minimum atomic E-state index is -1.06. The smallest absolute Gasteiger partial charge is 0.327 e. The van der Waals surface area contributed by atoms with Crippen molar-refractivity contribution in [2.45, 2.75) is 31.3 Å². The number of hydrogen-bond acceptors (Lipinski definition) is 7. The molecule has 0 saturated carbocycles. The number of benzene rings is 2. The molecule has 40 heavy (non-hydrogen) atoms. The average Bonchev–Trinajstić information content (AvgIpc) is 3.65. The van der Waals surface area contributed by atoms with Gasteiger partial charge in [-0.05, 0) is 30.5 Å². The van der Waals surface area contributed by atoms with Gasteiger partial charge in [0.2, 0.25) is 0 Å². The summed E-state index contributed by atoms with van der Waals surface area (Å²) < 4.78 is 36.2. The fourth-order valence-corrected chi connectivity index (χ4v) is 5.26. The number of carbonyl (C=O) groups is 1.